The summed E-state index contributed by atoms with van der Waals surface area (Å²) in [6.07, 6.45) is 0. The van der Waals surface area contributed by atoms with Crippen LogP contribution in [0.2, 0.25) is 0 Å². The number of nitrogens with zero attached hydrogens (tertiary/aromatic N) is 2. The van der Waals surface area contributed by atoms with Gasteiger partial charge in [-0.2, -0.15) is 0 Å². The van der Waals surface area contributed by atoms with Crippen molar-refractivity contribution >= 4 is 44.8 Å². The number of thiophene rings is 1. The lowest BCUT2D eigenvalue weighted by Crippen LogP contribution is -2.40. The molecular weight excluding hydrogens is 414 g/mol. The molecule has 5 nitrogen and oxygen atoms in total. The number of benzene rings is 1. The summed E-state index contributed by atoms with van der Waals surface area (Å²) < 4.78 is 1.08. The summed E-state index contributed by atoms with van der Waals surface area (Å²) >= 11 is 5.07. The SMILES string of the molecule is Cc1cccc(C)c1NC(=O)CN(C)C(=O)CN(C)Cc1csc(Br)c1. The van der Waals surface area contributed by atoms with Gasteiger partial charge in [-0.3, -0.25) is 14.5 Å². The molecular formula is C19H24BrN3O2S. The molecule has 0 aliphatic rings. The van der Waals surface area contributed by atoms with E-state index in [4.69, 9.17) is 0 Å². The first kappa shape index (κ1) is 20.6. The van der Waals surface area contributed by atoms with E-state index in [-0.39, 0.29) is 24.9 Å². The molecule has 0 unspecified atom stereocenters. The van der Waals surface area contributed by atoms with Gasteiger partial charge in [-0.1, -0.05) is 18.2 Å². The fourth-order valence-electron chi connectivity index (χ4n) is 2.64. The van der Waals surface area contributed by atoms with Crippen LogP contribution in [0.1, 0.15) is 16.7 Å². The maximum atomic E-state index is 12.4. The van der Waals surface area contributed by atoms with Crippen LogP contribution in [0.15, 0.2) is 33.4 Å². The highest BCUT2D eigenvalue weighted by molar-refractivity contribution is 9.11. The van der Waals surface area contributed by atoms with Gasteiger partial charge in [-0.15, -0.1) is 11.3 Å². The van der Waals surface area contributed by atoms with E-state index in [1.807, 2.05) is 50.1 Å². The third-order valence-corrected chi connectivity index (χ3v) is 5.58. The Morgan fingerprint density at radius 3 is 2.38 bits per heavy atom. The van der Waals surface area contributed by atoms with E-state index in [1.165, 1.54) is 4.90 Å². The largest absolute Gasteiger partial charge is 0.335 e. The topological polar surface area (TPSA) is 52.7 Å². The number of amides is 2. The van der Waals surface area contributed by atoms with Crippen molar-refractivity contribution in [2.45, 2.75) is 20.4 Å². The van der Waals surface area contributed by atoms with E-state index in [9.17, 15) is 9.59 Å². The number of anilines is 1. The summed E-state index contributed by atoms with van der Waals surface area (Å²) in [5.41, 5.74) is 3.99. The third kappa shape index (κ3) is 5.93. The van der Waals surface area contributed by atoms with Gasteiger partial charge in [0.1, 0.15) is 0 Å². The van der Waals surface area contributed by atoms with E-state index in [1.54, 1.807) is 18.4 Å². The second kappa shape index (κ2) is 9.30. The normalized spacial score (nSPS) is 10.8. The molecule has 2 rings (SSSR count). The van der Waals surface area contributed by atoms with Crippen molar-refractivity contribution in [1.82, 2.24) is 9.80 Å². The molecule has 1 aromatic heterocycles. The molecule has 0 aliphatic heterocycles. The number of likely N-dealkylation sites (N-methyl/N-ethyl adjacent to an activating group) is 2. The number of carbonyl (C=O) groups excluding carboxylic acids is 2. The van der Waals surface area contributed by atoms with Crippen molar-refractivity contribution in [2.24, 2.45) is 0 Å². The van der Waals surface area contributed by atoms with Crippen LogP contribution < -0.4 is 5.32 Å². The molecule has 0 atom stereocenters. The van der Waals surface area contributed by atoms with E-state index in [0.717, 1.165) is 26.2 Å². The minimum absolute atomic E-state index is 0.0322. The third-order valence-electron chi connectivity index (χ3n) is 4.03. The standard InChI is InChI=1S/C19H24BrN3O2S/c1-13-6-5-7-14(2)19(13)21-17(24)10-23(4)18(25)11-22(3)9-15-8-16(20)26-12-15/h5-8,12H,9-11H2,1-4H3,(H,21,24). The second-order valence-corrected chi connectivity index (χ2v) is 8.79. The number of rotatable bonds is 7. The molecule has 0 saturated carbocycles. The van der Waals surface area contributed by atoms with Gasteiger partial charge in [-0.05, 0) is 65.0 Å². The van der Waals surface area contributed by atoms with E-state index in [2.05, 4.69) is 26.6 Å². The average Bonchev–Trinajstić information content (AvgIpc) is 2.95. The Kier molecular flexibility index (Phi) is 7.37. The van der Waals surface area contributed by atoms with Crippen LogP contribution >= 0.6 is 27.3 Å². The Morgan fingerprint density at radius 2 is 1.81 bits per heavy atom. The molecule has 2 amide bonds. The van der Waals surface area contributed by atoms with Gasteiger partial charge in [-0.25, -0.2) is 0 Å². The van der Waals surface area contributed by atoms with Gasteiger partial charge in [0.2, 0.25) is 11.8 Å². The Labute approximate surface area is 167 Å². The average molecular weight is 438 g/mol. The number of hydrogen-bond acceptors (Lipinski definition) is 4. The number of halogens is 1. The first-order chi connectivity index (χ1) is 12.3. The van der Waals surface area contributed by atoms with Gasteiger partial charge < -0.3 is 10.2 Å². The predicted molar refractivity (Wildman–Crippen MR) is 111 cm³/mol. The molecule has 7 heteroatoms. The number of carbonyl (C=O) groups is 2. The summed E-state index contributed by atoms with van der Waals surface area (Å²) in [6, 6.07) is 7.91. The second-order valence-electron chi connectivity index (χ2n) is 6.50. The molecule has 0 radical (unpaired) electrons. The van der Waals surface area contributed by atoms with Crippen molar-refractivity contribution in [3.05, 3.63) is 50.1 Å². The molecule has 0 aliphatic carbocycles. The fourth-order valence-corrected chi connectivity index (χ4v) is 3.84. The molecule has 0 saturated heterocycles. The molecule has 1 heterocycles. The van der Waals surface area contributed by atoms with Gasteiger partial charge in [0.15, 0.2) is 0 Å². The van der Waals surface area contributed by atoms with Gasteiger partial charge in [0, 0.05) is 19.3 Å². The maximum Gasteiger partial charge on any atom is 0.243 e. The zero-order chi connectivity index (χ0) is 19.3. The van der Waals surface area contributed by atoms with Crippen molar-refractivity contribution < 1.29 is 9.59 Å². The van der Waals surface area contributed by atoms with Crippen LogP contribution in [0.4, 0.5) is 5.69 Å². The molecule has 1 aromatic carbocycles. The smallest absolute Gasteiger partial charge is 0.243 e. The summed E-state index contributed by atoms with van der Waals surface area (Å²) in [5.74, 6) is -0.277. The zero-order valence-corrected chi connectivity index (χ0v) is 17.9. The minimum atomic E-state index is -0.192. The van der Waals surface area contributed by atoms with Crippen LogP contribution in [0.25, 0.3) is 0 Å². The lowest BCUT2D eigenvalue weighted by Gasteiger charge is -2.21. The molecule has 0 spiro atoms. The van der Waals surface area contributed by atoms with Crippen molar-refractivity contribution in [2.75, 3.05) is 32.5 Å². The summed E-state index contributed by atoms with van der Waals surface area (Å²) in [5, 5.41) is 4.97. The maximum absolute atomic E-state index is 12.4. The van der Waals surface area contributed by atoms with Crippen molar-refractivity contribution in [1.29, 1.82) is 0 Å². The van der Waals surface area contributed by atoms with Crippen LogP contribution in [0.5, 0.6) is 0 Å². The Hall–Kier alpha value is -1.70. The van der Waals surface area contributed by atoms with Crippen LogP contribution in [0, 0.1) is 13.8 Å². The molecule has 26 heavy (non-hydrogen) atoms. The Balaban J connectivity index is 1.85. The van der Waals surface area contributed by atoms with Gasteiger partial charge in [0.25, 0.3) is 0 Å². The number of nitrogens with one attached hydrogen (secondary N) is 1. The van der Waals surface area contributed by atoms with Crippen molar-refractivity contribution in [3.8, 4) is 0 Å². The van der Waals surface area contributed by atoms with E-state index < -0.39 is 0 Å². The number of para-hydroxylation sites is 1. The van der Waals surface area contributed by atoms with Crippen molar-refractivity contribution in [3.63, 3.8) is 0 Å². The molecule has 1 N–H and O–H groups in total. The molecule has 140 valence electrons. The van der Waals surface area contributed by atoms with Gasteiger partial charge >= 0.3 is 0 Å². The van der Waals surface area contributed by atoms with Crippen LogP contribution in [0.3, 0.4) is 0 Å². The number of aryl methyl sites for hydroxylation is 2. The van der Waals surface area contributed by atoms with E-state index >= 15 is 0 Å². The Bertz CT molecular complexity index is 771. The minimum Gasteiger partial charge on any atom is -0.335 e. The molecule has 2 aromatic rings. The summed E-state index contributed by atoms with van der Waals surface area (Å²) in [6.45, 7) is 4.89. The Morgan fingerprint density at radius 1 is 1.15 bits per heavy atom. The lowest BCUT2D eigenvalue weighted by atomic mass is 10.1. The molecule has 0 fully saturated rings. The highest BCUT2D eigenvalue weighted by atomic mass is 79.9. The summed E-state index contributed by atoms with van der Waals surface area (Å²) in [7, 11) is 3.55. The zero-order valence-electron chi connectivity index (χ0n) is 15.5. The highest BCUT2D eigenvalue weighted by Gasteiger charge is 2.16. The van der Waals surface area contributed by atoms with Crippen LogP contribution in [-0.4, -0.2) is 48.8 Å². The lowest BCUT2D eigenvalue weighted by molar-refractivity contribution is -0.134. The fraction of sp³-hybridized carbons (Fsp3) is 0.368. The quantitative estimate of drug-likeness (QED) is 0.718. The van der Waals surface area contributed by atoms with E-state index in [0.29, 0.717) is 6.54 Å². The first-order valence-electron chi connectivity index (χ1n) is 8.27. The monoisotopic (exact) mass is 437 g/mol. The summed E-state index contributed by atoms with van der Waals surface area (Å²) in [4.78, 5) is 28.1. The van der Waals surface area contributed by atoms with Gasteiger partial charge in [0.05, 0.1) is 16.9 Å². The first-order valence-corrected chi connectivity index (χ1v) is 9.95. The molecule has 0 bridgehead atoms. The predicted octanol–water partition coefficient (Wildman–Crippen LogP) is 3.66. The van der Waals surface area contributed by atoms with Crippen LogP contribution in [-0.2, 0) is 16.1 Å². The highest BCUT2D eigenvalue weighted by Crippen LogP contribution is 2.21. The number of hydrogen-bond donors (Lipinski definition) is 1.